The van der Waals surface area contributed by atoms with Crippen molar-refractivity contribution in [3.05, 3.63) is 64.5 Å². The van der Waals surface area contributed by atoms with Crippen LogP contribution in [0.5, 0.6) is 0 Å². The normalized spacial score (nSPS) is 11.5. The monoisotopic (exact) mass is 343 g/mol. The fraction of sp³-hybridized carbons (Fsp3) is 0.125. The van der Waals surface area contributed by atoms with Crippen molar-refractivity contribution in [1.82, 2.24) is 24.1 Å². The fourth-order valence-electron chi connectivity index (χ4n) is 2.59. The highest BCUT2D eigenvalue weighted by Crippen LogP contribution is 2.15. The van der Waals surface area contributed by atoms with Gasteiger partial charge in [0, 0.05) is 25.6 Å². The summed E-state index contributed by atoms with van der Waals surface area (Å²) in [5.74, 6) is -1.23. The smallest absolute Gasteiger partial charge is 0.266 e. The summed E-state index contributed by atoms with van der Waals surface area (Å²) in [6.45, 7) is 0.219. The van der Waals surface area contributed by atoms with Crippen LogP contribution in [0.15, 0.2) is 41.5 Å². The average Bonchev–Trinajstić information content (AvgIpc) is 3.01. The number of methoxy groups -OCH3 is 1. The number of halogens is 2. The van der Waals surface area contributed by atoms with Crippen LogP contribution in [0.4, 0.5) is 8.78 Å². The van der Waals surface area contributed by atoms with E-state index in [0.717, 1.165) is 12.1 Å². The van der Waals surface area contributed by atoms with E-state index in [0.29, 0.717) is 17.1 Å². The minimum atomic E-state index is -1.03. The molecule has 0 aliphatic rings. The van der Waals surface area contributed by atoms with Gasteiger partial charge in [0.05, 0.1) is 16.6 Å². The van der Waals surface area contributed by atoms with Crippen molar-refractivity contribution in [3.63, 3.8) is 0 Å². The quantitative estimate of drug-likeness (QED) is 0.568. The number of hydrogen-bond donors (Lipinski definition) is 0. The van der Waals surface area contributed by atoms with E-state index >= 15 is 0 Å². The molecule has 9 heteroatoms. The number of hydrogen-bond acceptors (Lipinski definition) is 5. The highest BCUT2D eigenvalue weighted by atomic mass is 19.2. The summed E-state index contributed by atoms with van der Waals surface area (Å²) < 4.78 is 34.2. The summed E-state index contributed by atoms with van der Waals surface area (Å²) in [5, 5.41) is 4.53. The van der Waals surface area contributed by atoms with Crippen LogP contribution >= 0.6 is 0 Å². The zero-order valence-corrected chi connectivity index (χ0v) is 13.0. The van der Waals surface area contributed by atoms with Crippen molar-refractivity contribution < 1.29 is 13.5 Å². The molecule has 4 aromatic rings. The predicted molar refractivity (Wildman–Crippen MR) is 84.5 cm³/mol. The molecule has 0 radical (unpaired) electrons. The Bertz CT molecular complexity index is 1170. The van der Waals surface area contributed by atoms with Gasteiger partial charge in [0.15, 0.2) is 17.5 Å². The second kappa shape index (κ2) is 5.71. The number of aromatic nitrogens is 5. The molecule has 0 fully saturated rings. The molecule has 3 aromatic heterocycles. The van der Waals surface area contributed by atoms with E-state index in [4.69, 9.17) is 4.74 Å². The molecule has 0 spiro atoms. The minimum Gasteiger partial charge on any atom is -0.377 e. The first-order chi connectivity index (χ1) is 12.1. The molecule has 0 aliphatic heterocycles. The number of rotatable bonds is 3. The Morgan fingerprint density at radius 3 is 2.80 bits per heavy atom. The van der Waals surface area contributed by atoms with Gasteiger partial charge in [-0.05, 0) is 18.2 Å². The van der Waals surface area contributed by atoms with Gasteiger partial charge in [-0.1, -0.05) is 0 Å². The third-order valence-electron chi connectivity index (χ3n) is 3.73. The van der Waals surface area contributed by atoms with Crippen molar-refractivity contribution in [2.45, 2.75) is 6.61 Å². The largest absolute Gasteiger partial charge is 0.377 e. The van der Waals surface area contributed by atoms with Crippen LogP contribution < -0.4 is 5.56 Å². The van der Waals surface area contributed by atoms with Crippen LogP contribution in [-0.2, 0) is 11.3 Å². The summed E-state index contributed by atoms with van der Waals surface area (Å²) in [7, 11) is 1.53. The van der Waals surface area contributed by atoms with Gasteiger partial charge in [-0.2, -0.15) is 9.50 Å². The number of nitrogens with zero attached hydrogens (tertiary/aromatic N) is 5. The highest BCUT2D eigenvalue weighted by Gasteiger charge is 2.13. The molecule has 126 valence electrons. The van der Waals surface area contributed by atoms with Crippen molar-refractivity contribution in [3.8, 4) is 5.69 Å². The van der Waals surface area contributed by atoms with Crippen LogP contribution in [0, 0.1) is 11.6 Å². The molecule has 0 atom stereocenters. The van der Waals surface area contributed by atoms with Crippen LogP contribution in [0.2, 0.25) is 0 Å². The molecule has 25 heavy (non-hydrogen) atoms. The second-order valence-corrected chi connectivity index (χ2v) is 5.32. The molecular formula is C16H11F2N5O2. The van der Waals surface area contributed by atoms with Gasteiger partial charge >= 0.3 is 0 Å². The summed E-state index contributed by atoms with van der Waals surface area (Å²) >= 11 is 0. The predicted octanol–water partition coefficient (Wildman–Crippen LogP) is 1.85. The Morgan fingerprint density at radius 1 is 1.20 bits per heavy atom. The maximum absolute atomic E-state index is 13.5. The van der Waals surface area contributed by atoms with E-state index in [9.17, 15) is 13.6 Å². The van der Waals surface area contributed by atoms with Crippen molar-refractivity contribution in [2.24, 2.45) is 0 Å². The SMILES string of the molecule is COCc1nc2ncc3c(=O)n(-c4ccc(F)c(F)c4)ccc3n2n1. The van der Waals surface area contributed by atoms with Crippen molar-refractivity contribution >= 4 is 16.7 Å². The minimum absolute atomic E-state index is 0.213. The third-order valence-corrected chi connectivity index (χ3v) is 3.73. The van der Waals surface area contributed by atoms with Gasteiger partial charge in [-0.3, -0.25) is 9.36 Å². The Hall–Kier alpha value is -3.20. The molecule has 0 N–H and O–H groups in total. The summed E-state index contributed by atoms with van der Waals surface area (Å²) in [6, 6.07) is 4.89. The zero-order valence-electron chi connectivity index (χ0n) is 13.0. The van der Waals surface area contributed by atoms with Gasteiger partial charge in [0.25, 0.3) is 11.3 Å². The van der Waals surface area contributed by atoms with E-state index in [1.807, 2.05) is 0 Å². The van der Waals surface area contributed by atoms with E-state index in [1.54, 1.807) is 6.07 Å². The van der Waals surface area contributed by atoms with Crippen molar-refractivity contribution in [1.29, 1.82) is 0 Å². The van der Waals surface area contributed by atoms with Gasteiger partial charge in [-0.25, -0.2) is 13.8 Å². The first-order valence-electron chi connectivity index (χ1n) is 7.29. The lowest BCUT2D eigenvalue weighted by molar-refractivity contribution is 0.178. The van der Waals surface area contributed by atoms with E-state index in [1.165, 1.54) is 34.7 Å². The van der Waals surface area contributed by atoms with Gasteiger partial charge < -0.3 is 4.74 Å². The molecule has 4 rings (SSSR count). The van der Waals surface area contributed by atoms with Crippen LogP contribution in [0.1, 0.15) is 5.82 Å². The maximum atomic E-state index is 13.5. The van der Waals surface area contributed by atoms with Gasteiger partial charge in [-0.15, -0.1) is 5.10 Å². The maximum Gasteiger partial charge on any atom is 0.266 e. The lowest BCUT2D eigenvalue weighted by atomic mass is 10.2. The molecule has 7 nitrogen and oxygen atoms in total. The van der Waals surface area contributed by atoms with E-state index in [2.05, 4.69) is 15.1 Å². The summed E-state index contributed by atoms with van der Waals surface area (Å²) in [5.41, 5.74) is 0.287. The Labute approximate surface area is 139 Å². The molecular weight excluding hydrogens is 332 g/mol. The standard InChI is InChI=1S/C16H11F2N5O2/c1-25-8-14-20-16-19-7-10-13(23(16)21-14)4-5-22(15(10)24)9-2-3-11(17)12(18)6-9/h2-7H,8H2,1H3. The number of ether oxygens (including phenoxy) is 1. The summed E-state index contributed by atoms with van der Waals surface area (Å²) in [6.07, 6.45) is 2.85. The molecule has 0 unspecified atom stereocenters. The van der Waals surface area contributed by atoms with Crippen LogP contribution in [0.3, 0.4) is 0 Å². The summed E-state index contributed by atoms with van der Waals surface area (Å²) in [4.78, 5) is 21.0. The first kappa shape index (κ1) is 15.3. The second-order valence-electron chi connectivity index (χ2n) is 5.32. The van der Waals surface area contributed by atoms with Crippen molar-refractivity contribution in [2.75, 3.05) is 7.11 Å². The molecule has 3 heterocycles. The molecule has 0 saturated carbocycles. The van der Waals surface area contributed by atoms with Crippen LogP contribution in [-0.4, -0.2) is 31.3 Å². The molecule has 0 bridgehead atoms. The molecule has 0 aliphatic carbocycles. The highest BCUT2D eigenvalue weighted by molar-refractivity contribution is 5.78. The third kappa shape index (κ3) is 2.45. The van der Waals surface area contributed by atoms with Gasteiger partial charge in [0.1, 0.15) is 6.61 Å². The number of fused-ring (bicyclic) bond motifs is 3. The average molecular weight is 343 g/mol. The fourth-order valence-corrected chi connectivity index (χ4v) is 2.59. The number of benzene rings is 1. The Morgan fingerprint density at radius 2 is 2.04 bits per heavy atom. The zero-order chi connectivity index (χ0) is 17.6. The Kier molecular flexibility index (Phi) is 3.50. The molecule has 0 saturated heterocycles. The van der Waals surface area contributed by atoms with E-state index < -0.39 is 17.2 Å². The Balaban J connectivity index is 1.94. The lowest BCUT2D eigenvalue weighted by Gasteiger charge is -2.08. The first-order valence-corrected chi connectivity index (χ1v) is 7.29. The lowest BCUT2D eigenvalue weighted by Crippen LogP contribution is -2.19. The molecule has 1 aromatic carbocycles. The molecule has 0 amide bonds. The van der Waals surface area contributed by atoms with E-state index in [-0.39, 0.29) is 17.7 Å². The number of pyridine rings is 1. The van der Waals surface area contributed by atoms with Gasteiger partial charge in [0.2, 0.25) is 0 Å². The topological polar surface area (TPSA) is 74.3 Å². The van der Waals surface area contributed by atoms with Crippen LogP contribution in [0.25, 0.3) is 22.4 Å².